The molecule has 2 aliphatic heterocycles. The van der Waals surface area contributed by atoms with Crippen LogP contribution in [-0.2, 0) is 16.1 Å². The van der Waals surface area contributed by atoms with Gasteiger partial charge in [0, 0.05) is 43.3 Å². The summed E-state index contributed by atoms with van der Waals surface area (Å²) in [4.78, 5) is 17.4. The van der Waals surface area contributed by atoms with Crippen LogP contribution in [0.5, 0.6) is 11.5 Å². The number of carbonyl (C=O) groups is 1. The molecule has 1 N–H and O–H groups in total. The average Bonchev–Trinajstić information content (AvgIpc) is 2.82. The zero-order valence-electron chi connectivity index (χ0n) is 19.3. The number of rotatable bonds is 7. The summed E-state index contributed by atoms with van der Waals surface area (Å²) in [6.07, 6.45) is 3.56. The summed E-state index contributed by atoms with van der Waals surface area (Å²) in [6, 6.07) is 12.9. The number of halogens is 1. The van der Waals surface area contributed by atoms with E-state index in [0.29, 0.717) is 36.2 Å². The number of hydrogen-bond donors (Lipinski definition) is 1. The molecule has 0 radical (unpaired) electrons. The van der Waals surface area contributed by atoms with Gasteiger partial charge >= 0.3 is 0 Å². The normalized spacial score (nSPS) is 21.7. The Balaban J connectivity index is 1.50. The Morgan fingerprint density at radius 2 is 1.88 bits per heavy atom. The number of piperidine rings is 1. The van der Waals surface area contributed by atoms with Crippen LogP contribution < -0.4 is 4.74 Å². The molecule has 2 fully saturated rings. The summed E-state index contributed by atoms with van der Waals surface area (Å²) < 4.78 is 12.4. The van der Waals surface area contributed by atoms with Crippen LogP contribution in [0.4, 0.5) is 0 Å². The molecule has 178 valence electrons. The van der Waals surface area contributed by atoms with Gasteiger partial charge in [0.05, 0.1) is 13.0 Å². The maximum atomic E-state index is 13.2. The van der Waals surface area contributed by atoms with Crippen molar-refractivity contribution < 1.29 is 19.4 Å². The van der Waals surface area contributed by atoms with E-state index in [0.717, 1.165) is 43.6 Å². The molecule has 0 bridgehead atoms. The molecule has 33 heavy (non-hydrogen) atoms. The minimum Gasteiger partial charge on any atom is -0.508 e. The minimum atomic E-state index is -0.758. The topological polar surface area (TPSA) is 62.2 Å². The van der Waals surface area contributed by atoms with Gasteiger partial charge in [0.1, 0.15) is 23.7 Å². The van der Waals surface area contributed by atoms with E-state index in [1.165, 1.54) is 6.42 Å². The fourth-order valence-corrected chi connectivity index (χ4v) is 4.79. The predicted molar refractivity (Wildman–Crippen MR) is 129 cm³/mol. The summed E-state index contributed by atoms with van der Waals surface area (Å²) in [5, 5.41) is 11.0. The highest BCUT2D eigenvalue weighted by Crippen LogP contribution is 2.29. The molecule has 0 spiro atoms. The summed E-state index contributed by atoms with van der Waals surface area (Å²) in [6.45, 7) is 6.29. The molecule has 1 atom stereocenters. The van der Waals surface area contributed by atoms with Gasteiger partial charge in [-0.2, -0.15) is 0 Å². The molecular weight excluding hydrogens is 440 g/mol. The van der Waals surface area contributed by atoms with Gasteiger partial charge in [-0.05, 0) is 56.5 Å². The van der Waals surface area contributed by atoms with E-state index in [2.05, 4.69) is 4.90 Å². The number of likely N-dealkylation sites (tertiary alicyclic amines) is 1. The Bertz CT molecular complexity index is 946. The first-order chi connectivity index (χ1) is 15.9. The highest BCUT2D eigenvalue weighted by atomic mass is 35.5. The van der Waals surface area contributed by atoms with E-state index < -0.39 is 5.60 Å². The molecule has 6 nitrogen and oxygen atoms in total. The first-order valence-electron chi connectivity index (χ1n) is 11.7. The summed E-state index contributed by atoms with van der Waals surface area (Å²) in [7, 11) is 0. The van der Waals surface area contributed by atoms with Crippen LogP contribution in [0.1, 0.15) is 36.8 Å². The van der Waals surface area contributed by atoms with E-state index in [1.807, 2.05) is 36.1 Å². The molecule has 0 unspecified atom stereocenters. The second-order valence-electron chi connectivity index (χ2n) is 9.24. The maximum Gasteiger partial charge on any atom is 0.225 e. The fourth-order valence-electron chi connectivity index (χ4n) is 4.66. The molecule has 0 aromatic heterocycles. The zero-order valence-corrected chi connectivity index (χ0v) is 20.0. The number of carbonyl (C=O) groups excluding carboxylic acids is 1. The third kappa shape index (κ3) is 6.40. The fraction of sp³-hybridized carbons (Fsp3) is 0.500. The van der Waals surface area contributed by atoms with E-state index in [4.69, 9.17) is 21.1 Å². The summed E-state index contributed by atoms with van der Waals surface area (Å²) in [5.74, 6) is 1.11. The van der Waals surface area contributed by atoms with Crippen LogP contribution >= 0.6 is 11.6 Å². The number of morpholine rings is 1. The standard InChI is InChI=1S/C26H33ClN2O4/c1-20-5-10-24(30)21(15-20)17-28-13-14-33-26(18-28,16-25(31)29-11-3-2-4-12-29)19-32-23-8-6-22(27)7-9-23/h5-10,15,30H,2-4,11-14,16-19H2,1H3/t26-/m1/s1. The molecule has 7 heteroatoms. The van der Waals surface area contributed by atoms with E-state index in [-0.39, 0.29) is 18.9 Å². The number of ether oxygens (including phenoxy) is 2. The summed E-state index contributed by atoms with van der Waals surface area (Å²) >= 11 is 6.01. The Hall–Kier alpha value is -2.28. The first kappa shape index (κ1) is 23.9. The number of aromatic hydroxyl groups is 1. The van der Waals surface area contributed by atoms with Crippen molar-refractivity contribution in [3.63, 3.8) is 0 Å². The second-order valence-corrected chi connectivity index (χ2v) is 9.67. The lowest BCUT2D eigenvalue weighted by Gasteiger charge is -2.43. The highest BCUT2D eigenvalue weighted by Gasteiger charge is 2.41. The maximum absolute atomic E-state index is 13.2. The number of phenolic OH excluding ortho intramolecular Hbond substituents is 1. The van der Waals surface area contributed by atoms with Gasteiger partial charge in [0.15, 0.2) is 0 Å². The van der Waals surface area contributed by atoms with Gasteiger partial charge in [-0.15, -0.1) is 0 Å². The van der Waals surface area contributed by atoms with Gasteiger partial charge in [0.25, 0.3) is 0 Å². The Labute approximate surface area is 201 Å². The van der Waals surface area contributed by atoms with Gasteiger partial charge in [0.2, 0.25) is 5.91 Å². The summed E-state index contributed by atoms with van der Waals surface area (Å²) in [5.41, 5.74) is 1.23. The average molecular weight is 473 g/mol. The lowest BCUT2D eigenvalue weighted by Crippen LogP contribution is -2.57. The molecule has 2 aromatic carbocycles. The number of benzene rings is 2. The smallest absolute Gasteiger partial charge is 0.225 e. The van der Waals surface area contributed by atoms with Crippen LogP contribution in [0.3, 0.4) is 0 Å². The van der Waals surface area contributed by atoms with E-state index >= 15 is 0 Å². The van der Waals surface area contributed by atoms with Crippen molar-refractivity contribution >= 4 is 17.5 Å². The van der Waals surface area contributed by atoms with Crippen molar-refractivity contribution in [3.05, 3.63) is 58.6 Å². The largest absolute Gasteiger partial charge is 0.508 e. The molecule has 2 aliphatic rings. The lowest BCUT2D eigenvalue weighted by molar-refractivity contribution is -0.157. The number of phenols is 1. The molecule has 2 aromatic rings. The molecule has 2 saturated heterocycles. The quantitative estimate of drug-likeness (QED) is 0.646. The number of nitrogens with zero attached hydrogens (tertiary/aromatic N) is 2. The molecule has 0 saturated carbocycles. The van der Waals surface area contributed by atoms with Crippen molar-refractivity contribution in [2.45, 2.75) is 44.8 Å². The van der Waals surface area contributed by atoms with E-state index in [9.17, 15) is 9.90 Å². The Morgan fingerprint density at radius 1 is 1.12 bits per heavy atom. The second kappa shape index (κ2) is 10.8. The van der Waals surface area contributed by atoms with Crippen LogP contribution in [0, 0.1) is 6.92 Å². The van der Waals surface area contributed by atoms with Crippen molar-refractivity contribution in [2.75, 3.05) is 39.4 Å². The predicted octanol–water partition coefficient (Wildman–Crippen LogP) is 4.41. The van der Waals surface area contributed by atoms with Crippen LogP contribution in [0.2, 0.25) is 5.02 Å². The van der Waals surface area contributed by atoms with Crippen molar-refractivity contribution in [3.8, 4) is 11.5 Å². The number of hydrogen-bond acceptors (Lipinski definition) is 5. The molecule has 2 heterocycles. The van der Waals surface area contributed by atoms with Crippen molar-refractivity contribution in [1.82, 2.24) is 9.80 Å². The third-order valence-electron chi connectivity index (χ3n) is 6.45. The van der Waals surface area contributed by atoms with Crippen molar-refractivity contribution in [2.24, 2.45) is 0 Å². The lowest BCUT2D eigenvalue weighted by atomic mass is 9.95. The minimum absolute atomic E-state index is 0.120. The first-order valence-corrected chi connectivity index (χ1v) is 12.1. The SMILES string of the molecule is Cc1ccc(O)c(CN2CCO[C@](COc3ccc(Cl)cc3)(CC(=O)N3CCCCC3)C2)c1. The number of amides is 1. The van der Waals surface area contributed by atoms with Gasteiger partial charge in [-0.25, -0.2) is 0 Å². The monoisotopic (exact) mass is 472 g/mol. The molecular formula is C26H33ClN2O4. The molecule has 0 aliphatic carbocycles. The van der Waals surface area contributed by atoms with Crippen molar-refractivity contribution in [1.29, 1.82) is 0 Å². The van der Waals surface area contributed by atoms with Gasteiger partial charge < -0.3 is 19.5 Å². The van der Waals surface area contributed by atoms with Gasteiger partial charge in [-0.1, -0.05) is 29.3 Å². The van der Waals surface area contributed by atoms with Crippen LogP contribution in [0.25, 0.3) is 0 Å². The highest BCUT2D eigenvalue weighted by molar-refractivity contribution is 6.30. The third-order valence-corrected chi connectivity index (χ3v) is 6.71. The molecule has 1 amide bonds. The molecule has 4 rings (SSSR count). The van der Waals surface area contributed by atoms with Crippen LogP contribution in [0.15, 0.2) is 42.5 Å². The van der Waals surface area contributed by atoms with Gasteiger partial charge in [-0.3, -0.25) is 9.69 Å². The van der Waals surface area contributed by atoms with E-state index in [1.54, 1.807) is 18.2 Å². The number of aryl methyl sites for hydroxylation is 1. The zero-order chi connectivity index (χ0) is 23.3. The Kier molecular flexibility index (Phi) is 7.78. The Morgan fingerprint density at radius 3 is 2.64 bits per heavy atom. The van der Waals surface area contributed by atoms with Crippen LogP contribution in [-0.4, -0.2) is 65.8 Å².